The number of nitrogens with zero attached hydrogens (tertiary/aromatic N) is 4. The fraction of sp³-hybridized carbons (Fsp3) is 0.444. The van der Waals surface area contributed by atoms with Crippen molar-refractivity contribution in [1.82, 2.24) is 14.5 Å². The smallest absolute Gasteiger partial charge is 0.262 e. The number of carbonyl (C=O) groups is 1. The van der Waals surface area contributed by atoms with E-state index in [0.717, 1.165) is 4.47 Å². The Bertz CT molecular complexity index is 904. The number of hydrogen-bond acceptors (Lipinski definition) is 5. The van der Waals surface area contributed by atoms with Gasteiger partial charge in [-0.25, -0.2) is 4.98 Å². The molecule has 0 fully saturated rings. The minimum absolute atomic E-state index is 0.0912. The molecule has 0 bridgehead atoms. The monoisotopic (exact) mass is 436 g/mol. The summed E-state index contributed by atoms with van der Waals surface area (Å²) in [5, 5.41) is 9.73. The molecule has 0 spiro atoms. The van der Waals surface area contributed by atoms with Gasteiger partial charge in [0, 0.05) is 24.6 Å². The lowest BCUT2D eigenvalue weighted by atomic mass is 10.2. The Morgan fingerprint density at radius 1 is 1.46 bits per heavy atom. The average molecular weight is 437 g/mol. The van der Waals surface area contributed by atoms with E-state index in [1.54, 1.807) is 23.7 Å². The van der Waals surface area contributed by atoms with Crippen LogP contribution in [-0.4, -0.2) is 39.7 Å². The van der Waals surface area contributed by atoms with Gasteiger partial charge in [0.2, 0.25) is 5.91 Å². The molecule has 26 heavy (non-hydrogen) atoms. The van der Waals surface area contributed by atoms with Gasteiger partial charge in [0.15, 0.2) is 5.16 Å². The summed E-state index contributed by atoms with van der Waals surface area (Å²) in [5.74, 6) is 0.355. The van der Waals surface area contributed by atoms with Crippen molar-refractivity contribution in [2.24, 2.45) is 5.92 Å². The highest BCUT2D eigenvalue weighted by Gasteiger charge is 2.16. The number of fused-ring (bicyclic) bond motifs is 1. The highest BCUT2D eigenvalue weighted by Crippen LogP contribution is 2.21. The van der Waals surface area contributed by atoms with Crippen molar-refractivity contribution in [2.45, 2.75) is 32.0 Å². The minimum atomic E-state index is -0.0993. The zero-order chi connectivity index (χ0) is 19.3. The highest BCUT2D eigenvalue weighted by molar-refractivity contribution is 9.10. The predicted molar refractivity (Wildman–Crippen MR) is 107 cm³/mol. The molecule has 0 saturated carbocycles. The first-order valence-electron chi connectivity index (χ1n) is 8.27. The Morgan fingerprint density at radius 2 is 2.19 bits per heavy atom. The highest BCUT2D eigenvalue weighted by atomic mass is 79.9. The first kappa shape index (κ1) is 20.5. The summed E-state index contributed by atoms with van der Waals surface area (Å²) in [5.41, 5.74) is 0.517. The lowest BCUT2D eigenvalue weighted by Crippen LogP contribution is -2.30. The van der Waals surface area contributed by atoms with Crippen LogP contribution in [0.4, 0.5) is 0 Å². The number of thioether (sulfide) groups is 1. The summed E-state index contributed by atoms with van der Waals surface area (Å²) in [6.07, 6.45) is 0.300. The van der Waals surface area contributed by atoms with E-state index in [2.05, 4.69) is 20.9 Å². The Kier molecular flexibility index (Phi) is 7.23. The summed E-state index contributed by atoms with van der Waals surface area (Å²) >= 11 is 4.65. The zero-order valence-corrected chi connectivity index (χ0v) is 17.4. The summed E-state index contributed by atoms with van der Waals surface area (Å²) in [6, 6.07) is 7.44. The van der Waals surface area contributed by atoms with E-state index in [0.29, 0.717) is 35.6 Å². The number of amides is 1. The van der Waals surface area contributed by atoms with Crippen molar-refractivity contribution in [3.63, 3.8) is 0 Å². The first-order valence-corrected chi connectivity index (χ1v) is 10.0. The molecular formula is C18H21BrN4O2S. The minimum Gasteiger partial charge on any atom is -0.344 e. The van der Waals surface area contributed by atoms with Crippen LogP contribution in [0.25, 0.3) is 10.9 Å². The number of halogens is 1. The quantitative estimate of drug-likeness (QED) is 0.491. The van der Waals surface area contributed by atoms with E-state index >= 15 is 0 Å². The molecule has 138 valence electrons. The lowest BCUT2D eigenvalue weighted by molar-refractivity contribution is -0.127. The third kappa shape index (κ3) is 5.08. The molecule has 0 atom stereocenters. The van der Waals surface area contributed by atoms with Gasteiger partial charge in [-0.2, -0.15) is 5.26 Å². The first-order chi connectivity index (χ1) is 12.3. The summed E-state index contributed by atoms with van der Waals surface area (Å²) in [4.78, 5) is 31.3. The summed E-state index contributed by atoms with van der Waals surface area (Å²) < 4.78 is 2.47. The van der Waals surface area contributed by atoms with Gasteiger partial charge in [-0.3, -0.25) is 14.2 Å². The lowest BCUT2D eigenvalue weighted by Gasteiger charge is -2.17. The number of nitriles is 1. The van der Waals surface area contributed by atoms with E-state index in [4.69, 9.17) is 5.26 Å². The van der Waals surface area contributed by atoms with Crippen LogP contribution in [-0.2, 0) is 11.3 Å². The maximum Gasteiger partial charge on any atom is 0.262 e. The van der Waals surface area contributed by atoms with Gasteiger partial charge in [-0.05, 0) is 24.1 Å². The molecule has 1 heterocycles. The molecular weight excluding hydrogens is 416 g/mol. The van der Waals surface area contributed by atoms with Gasteiger partial charge >= 0.3 is 0 Å². The molecule has 0 N–H and O–H groups in total. The molecule has 1 aromatic carbocycles. The van der Waals surface area contributed by atoms with Gasteiger partial charge in [0.1, 0.15) is 0 Å². The van der Waals surface area contributed by atoms with Gasteiger partial charge in [0.05, 0.1) is 29.1 Å². The second-order valence-corrected chi connectivity index (χ2v) is 8.24. The number of carbonyl (C=O) groups excluding carboxylic acids is 1. The van der Waals surface area contributed by atoms with Crippen molar-refractivity contribution < 1.29 is 4.79 Å². The van der Waals surface area contributed by atoms with Crippen LogP contribution in [0.1, 0.15) is 20.3 Å². The van der Waals surface area contributed by atoms with Gasteiger partial charge in [-0.15, -0.1) is 0 Å². The topological polar surface area (TPSA) is 79.0 Å². The largest absolute Gasteiger partial charge is 0.344 e. The van der Waals surface area contributed by atoms with Crippen molar-refractivity contribution in [2.75, 3.05) is 19.3 Å². The van der Waals surface area contributed by atoms with Crippen LogP contribution < -0.4 is 5.56 Å². The maximum atomic E-state index is 12.9. The van der Waals surface area contributed by atoms with Crippen LogP contribution in [0.2, 0.25) is 0 Å². The number of aromatic nitrogens is 2. The molecule has 0 aliphatic heterocycles. The van der Waals surface area contributed by atoms with Gasteiger partial charge in [-0.1, -0.05) is 41.5 Å². The van der Waals surface area contributed by atoms with Crippen LogP contribution in [0, 0.1) is 17.2 Å². The molecule has 1 aromatic heterocycles. The third-order valence-electron chi connectivity index (χ3n) is 3.74. The van der Waals surface area contributed by atoms with Gasteiger partial charge < -0.3 is 4.90 Å². The standard InChI is InChI=1S/C18H21BrN4O2S/c1-12(2)10-23-17(25)14-9-13(19)5-6-15(14)21-18(23)26-11-16(24)22(3)8-4-7-20/h5-6,9,12H,4,8,10-11H2,1-3H3. The Labute approximate surface area is 165 Å². The molecule has 0 aliphatic carbocycles. The summed E-state index contributed by atoms with van der Waals surface area (Å²) in [6.45, 7) is 5.00. The number of hydrogen-bond donors (Lipinski definition) is 0. The third-order valence-corrected chi connectivity index (χ3v) is 5.19. The van der Waals surface area contributed by atoms with Crippen molar-refractivity contribution in [3.8, 4) is 6.07 Å². The molecule has 0 saturated heterocycles. The zero-order valence-electron chi connectivity index (χ0n) is 15.0. The molecule has 0 radical (unpaired) electrons. The Morgan fingerprint density at radius 3 is 2.85 bits per heavy atom. The fourth-order valence-corrected chi connectivity index (χ4v) is 3.70. The number of rotatable bonds is 7. The molecule has 2 rings (SSSR count). The van der Waals surface area contributed by atoms with Crippen LogP contribution in [0.3, 0.4) is 0 Å². The van der Waals surface area contributed by atoms with E-state index in [1.165, 1.54) is 16.7 Å². The summed E-state index contributed by atoms with van der Waals surface area (Å²) in [7, 11) is 1.67. The predicted octanol–water partition coefficient (Wildman–Crippen LogP) is 3.28. The fourth-order valence-electron chi connectivity index (χ4n) is 2.39. The van der Waals surface area contributed by atoms with Crippen LogP contribution >= 0.6 is 27.7 Å². The molecule has 1 amide bonds. The van der Waals surface area contributed by atoms with E-state index in [9.17, 15) is 9.59 Å². The van der Waals surface area contributed by atoms with Crippen molar-refractivity contribution in [3.05, 3.63) is 33.0 Å². The normalized spacial score (nSPS) is 10.9. The molecule has 0 aliphatic rings. The van der Waals surface area contributed by atoms with E-state index in [1.807, 2.05) is 26.0 Å². The van der Waals surface area contributed by atoms with Crippen LogP contribution in [0.5, 0.6) is 0 Å². The Hall–Kier alpha value is -1.85. The van der Waals surface area contributed by atoms with E-state index < -0.39 is 0 Å². The second-order valence-electron chi connectivity index (χ2n) is 6.38. The van der Waals surface area contributed by atoms with Gasteiger partial charge in [0.25, 0.3) is 5.56 Å². The second kappa shape index (κ2) is 9.19. The molecule has 0 unspecified atom stereocenters. The van der Waals surface area contributed by atoms with Crippen LogP contribution in [0.15, 0.2) is 32.6 Å². The molecule has 6 nitrogen and oxygen atoms in total. The molecule has 8 heteroatoms. The van der Waals surface area contributed by atoms with Crippen molar-refractivity contribution in [1.29, 1.82) is 5.26 Å². The average Bonchev–Trinajstić information content (AvgIpc) is 2.60. The maximum absolute atomic E-state index is 12.9. The van der Waals surface area contributed by atoms with E-state index in [-0.39, 0.29) is 23.1 Å². The molecule has 2 aromatic rings. The van der Waals surface area contributed by atoms with Crippen molar-refractivity contribution >= 4 is 44.5 Å². The SMILES string of the molecule is CC(C)Cn1c(SCC(=O)N(C)CCC#N)nc2ccc(Br)cc2c1=O. The number of benzene rings is 1. The Balaban J connectivity index is 2.33.